The Labute approximate surface area is 319 Å². The Balaban J connectivity index is 1.69. The lowest BCUT2D eigenvalue weighted by Crippen LogP contribution is -2.10. The van der Waals surface area contributed by atoms with E-state index in [1.165, 1.54) is 11.1 Å². The molecule has 0 saturated heterocycles. The van der Waals surface area contributed by atoms with Gasteiger partial charge in [0.1, 0.15) is 0 Å². The molecule has 52 heavy (non-hydrogen) atoms. The highest BCUT2D eigenvalue weighted by Crippen LogP contribution is 2.42. The van der Waals surface area contributed by atoms with Crippen molar-refractivity contribution in [2.75, 3.05) is 0 Å². The summed E-state index contributed by atoms with van der Waals surface area (Å²) in [5, 5.41) is 0. The van der Waals surface area contributed by atoms with Gasteiger partial charge in [-0.05, 0) is 68.5 Å². The summed E-state index contributed by atoms with van der Waals surface area (Å²) in [6.45, 7) is 13.6. The standard InChI is InChI=1S/C50H46S2/c1-49(2,3)41-27-31-43(32-28-41)51-47(35-45(37-19-11-7-12-20-37)38-21-13-8-14-22-38)48(52-44-33-29-42(30-34-44)50(4,5)6)36-46(39-23-15-9-16-24-39)40-25-17-10-18-26-40/h7-34H,1-6H3. The van der Waals surface area contributed by atoms with E-state index < -0.39 is 0 Å². The van der Waals surface area contributed by atoms with Crippen LogP contribution in [-0.4, -0.2) is 0 Å². The molecular formula is C50H46S2. The molecule has 0 bridgehead atoms. The fourth-order valence-electron chi connectivity index (χ4n) is 5.81. The van der Waals surface area contributed by atoms with Crippen LogP contribution in [0.3, 0.4) is 0 Å². The lowest BCUT2D eigenvalue weighted by atomic mass is 9.87. The highest BCUT2D eigenvalue weighted by atomic mass is 32.2. The molecule has 0 amide bonds. The van der Waals surface area contributed by atoms with E-state index in [-0.39, 0.29) is 10.8 Å². The van der Waals surface area contributed by atoms with Crippen molar-refractivity contribution in [2.24, 2.45) is 0 Å². The third kappa shape index (κ3) is 9.68. The Bertz CT molecular complexity index is 1950. The van der Waals surface area contributed by atoms with E-state index in [0.29, 0.717) is 0 Å². The zero-order valence-electron chi connectivity index (χ0n) is 31.0. The lowest BCUT2D eigenvalue weighted by Gasteiger charge is -2.20. The van der Waals surface area contributed by atoms with Gasteiger partial charge in [0, 0.05) is 20.9 Å². The summed E-state index contributed by atoms with van der Waals surface area (Å²) in [5.74, 6) is 0. The van der Waals surface area contributed by atoms with Gasteiger partial charge in [-0.25, -0.2) is 0 Å². The van der Waals surface area contributed by atoms with Crippen molar-refractivity contribution in [1.82, 2.24) is 0 Å². The Hall–Kier alpha value is -4.94. The molecule has 0 atom stereocenters. The van der Waals surface area contributed by atoms with E-state index in [1.54, 1.807) is 23.5 Å². The first-order valence-corrected chi connectivity index (χ1v) is 19.5. The van der Waals surface area contributed by atoms with Gasteiger partial charge < -0.3 is 0 Å². The normalized spacial score (nSPS) is 11.3. The molecule has 258 valence electrons. The van der Waals surface area contributed by atoms with E-state index >= 15 is 0 Å². The third-order valence-electron chi connectivity index (χ3n) is 8.81. The Kier molecular flexibility index (Phi) is 11.8. The van der Waals surface area contributed by atoms with Crippen molar-refractivity contribution in [3.8, 4) is 0 Å². The van der Waals surface area contributed by atoms with Crippen LogP contribution in [0.1, 0.15) is 74.9 Å². The van der Waals surface area contributed by atoms with Gasteiger partial charge in [0.2, 0.25) is 0 Å². The predicted octanol–water partition coefficient (Wildman–Crippen LogP) is 14.4. The molecule has 0 unspecified atom stereocenters. The maximum absolute atomic E-state index is 4.01. The summed E-state index contributed by atoms with van der Waals surface area (Å²) >= 11 is 3.49. The molecule has 0 aliphatic carbocycles. The second-order valence-corrected chi connectivity index (χ2v) is 17.0. The average molecular weight is 711 g/mol. The molecule has 2 heteroatoms. The fourth-order valence-corrected chi connectivity index (χ4v) is 7.67. The van der Waals surface area contributed by atoms with Crippen molar-refractivity contribution in [1.29, 1.82) is 0 Å². The first kappa shape index (κ1) is 36.8. The molecule has 0 radical (unpaired) electrons. The summed E-state index contributed by atoms with van der Waals surface area (Å²) in [5.41, 5.74) is 17.3. The molecule has 0 fully saturated rings. The molecule has 0 nitrogen and oxygen atoms in total. The van der Waals surface area contributed by atoms with Crippen LogP contribution in [0.15, 0.2) is 201 Å². The van der Waals surface area contributed by atoms with E-state index in [4.69, 9.17) is 0 Å². The van der Waals surface area contributed by atoms with Gasteiger partial charge in [-0.15, -0.1) is 0 Å². The average Bonchev–Trinajstić information content (AvgIpc) is 3.16. The third-order valence-corrected chi connectivity index (χ3v) is 11.0. The summed E-state index contributed by atoms with van der Waals surface area (Å²) < 4.78 is 0. The van der Waals surface area contributed by atoms with E-state index in [9.17, 15) is 0 Å². The van der Waals surface area contributed by atoms with Crippen LogP contribution in [0.5, 0.6) is 0 Å². The molecule has 0 aromatic heterocycles. The quantitative estimate of drug-likeness (QED) is 0.0832. The van der Waals surface area contributed by atoms with Gasteiger partial charge >= 0.3 is 0 Å². The van der Waals surface area contributed by atoms with Gasteiger partial charge in [0.05, 0.1) is 9.81 Å². The first-order chi connectivity index (χ1) is 25.0. The van der Waals surface area contributed by atoms with Crippen LogP contribution in [-0.2, 0) is 10.8 Å². The summed E-state index contributed by atoms with van der Waals surface area (Å²) in [6, 6.07) is 60.5. The smallest absolute Gasteiger partial charge is 0.0765 e. The molecule has 6 rings (SSSR count). The van der Waals surface area contributed by atoms with Crippen molar-refractivity contribution in [3.05, 3.63) is 225 Å². The Morgan fingerprint density at radius 1 is 0.346 bits per heavy atom. The zero-order chi connectivity index (χ0) is 36.6. The molecule has 0 saturated carbocycles. The van der Waals surface area contributed by atoms with E-state index in [0.717, 1.165) is 53.0 Å². The number of thioether (sulfide) groups is 2. The number of hydrogen-bond acceptors (Lipinski definition) is 2. The van der Waals surface area contributed by atoms with E-state index in [1.807, 2.05) is 0 Å². The minimum Gasteiger partial charge on any atom is -0.0945 e. The molecule has 6 aromatic carbocycles. The highest BCUT2D eigenvalue weighted by molar-refractivity contribution is 8.08. The SMILES string of the molecule is CC(C)(C)c1ccc(SC(=C=C(c2ccccc2)c2ccccc2)C(=C=C(c2ccccc2)c2ccccc2)Sc2ccc(C(C)(C)C)cc2)cc1. The topological polar surface area (TPSA) is 0 Å². The van der Waals surface area contributed by atoms with Crippen LogP contribution in [0.4, 0.5) is 0 Å². The first-order valence-electron chi connectivity index (χ1n) is 17.9. The van der Waals surface area contributed by atoms with Crippen LogP contribution in [0.2, 0.25) is 0 Å². The largest absolute Gasteiger partial charge is 0.0945 e. The molecule has 0 heterocycles. The van der Waals surface area contributed by atoms with E-state index in [2.05, 4.69) is 223 Å². The second-order valence-electron chi connectivity index (χ2n) is 14.9. The minimum absolute atomic E-state index is 0.0682. The highest BCUT2D eigenvalue weighted by Gasteiger charge is 2.18. The van der Waals surface area contributed by atoms with Crippen molar-refractivity contribution in [3.63, 3.8) is 0 Å². The molecule has 0 spiro atoms. The zero-order valence-corrected chi connectivity index (χ0v) is 32.6. The molecule has 6 aromatic rings. The van der Waals surface area contributed by atoms with Crippen LogP contribution in [0, 0.1) is 0 Å². The Morgan fingerprint density at radius 2 is 0.596 bits per heavy atom. The van der Waals surface area contributed by atoms with Crippen LogP contribution in [0.25, 0.3) is 11.1 Å². The fraction of sp³-hybridized carbons (Fsp3) is 0.160. The second kappa shape index (κ2) is 16.6. The molecular weight excluding hydrogens is 665 g/mol. The Morgan fingerprint density at radius 3 is 0.827 bits per heavy atom. The van der Waals surface area contributed by atoms with Gasteiger partial charge in [0.25, 0.3) is 0 Å². The summed E-state index contributed by atoms with van der Waals surface area (Å²) in [4.78, 5) is 4.31. The monoisotopic (exact) mass is 710 g/mol. The minimum atomic E-state index is 0.0682. The maximum atomic E-state index is 4.01. The van der Waals surface area contributed by atoms with Crippen molar-refractivity contribution in [2.45, 2.75) is 62.2 Å². The van der Waals surface area contributed by atoms with Gasteiger partial charge in [-0.1, -0.05) is 222 Å². The maximum Gasteiger partial charge on any atom is 0.0765 e. The van der Waals surface area contributed by atoms with Gasteiger partial charge in [0.15, 0.2) is 0 Å². The molecule has 0 N–H and O–H groups in total. The summed E-state index contributed by atoms with van der Waals surface area (Å²) in [6.07, 6.45) is 0. The number of hydrogen-bond donors (Lipinski definition) is 0. The number of benzene rings is 6. The van der Waals surface area contributed by atoms with Crippen molar-refractivity contribution >= 4 is 34.7 Å². The van der Waals surface area contributed by atoms with Crippen LogP contribution < -0.4 is 0 Å². The van der Waals surface area contributed by atoms with Gasteiger partial charge in [-0.2, -0.15) is 0 Å². The lowest BCUT2D eigenvalue weighted by molar-refractivity contribution is 0.589. The van der Waals surface area contributed by atoms with Gasteiger partial charge in [-0.3, -0.25) is 0 Å². The number of rotatable bonds is 9. The van der Waals surface area contributed by atoms with Crippen molar-refractivity contribution < 1.29 is 0 Å². The molecule has 0 aliphatic rings. The predicted molar refractivity (Wildman–Crippen MR) is 227 cm³/mol. The summed E-state index contributed by atoms with van der Waals surface area (Å²) in [7, 11) is 0. The molecule has 0 aliphatic heterocycles. The van der Waals surface area contributed by atoms with Crippen LogP contribution >= 0.6 is 23.5 Å².